The minimum Gasteiger partial charge on any atom is -0.355 e. The van der Waals surface area contributed by atoms with Crippen LogP contribution in [0, 0.1) is 11.3 Å². The van der Waals surface area contributed by atoms with E-state index in [4.69, 9.17) is 23.2 Å². The van der Waals surface area contributed by atoms with Crippen LogP contribution in [0.3, 0.4) is 0 Å². The van der Waals surface area contributed by atoms with Crippen LogP contribution in [0.1, 0.15) is 77.7 Å². The van der Waals surface area contributed by atoms with Crippen LogP contribution >= 0.6 is 23.2 Å². The van der Waals surface area contributed by atoms with Gasteiger partial charge in [-0.1, -0.05) is 44.0 Å². The molecule has 4 rings (SSSR count). The Kier molecular flexibility index (Phi) is 15.8. The molecule has 1 saturated carbocycles. The summed E-state index contributed by atoms with van der Waals surface area (Å²) in [5.41, 5.74) is -2.22. The highest BCUT2D eigenvalue weighted by atomic mass is 35.5. The number of halogens is 6. The molecule has 58 heavy (non-hydrogen) atoms. The zero-order valence-corrected chi connectivity index (χ0v) is 34.3. The van der Waals surface area contributed by atoms with Gasteiger partial charge in [0.15, 0.2) is 0 Å². The number of rotatable bonds is 10. The molecule has 6 atom stereocenters. The highest BCUT2D eigenvalue weighted by molar-refractivity contribution is 6.33. The number of carbonyl (C=O) groups excluding carboxylic acids is 7. The SMILES string of the molecule is CC[C@H](NC(=O)[C@@H]1C[C@@H](F)CN1C(=O)C1(C(F)(F)F)CC1)C(=O)N[C@H]1CCCCNC(=O)CNC(=O)[C@H](Cc2cc(Cl)ccc2Cl)N(C)C(=O)[C@H](CC(C)C)NC1=O. The molecule has 0 radical (unpaired) electrons. The lowest BCUT2D eigenvalue weighted by molar-refractivity contribution is -0.199. The summed E-state index contributed by atoms with van der Waals surface area (Å²) in [4.78, 5) is 96.2. The quantitative estimate of drug-likeness (QED) is 0.224. The van der Waals surface area contributed by atoms with E-state index in [-0.39, 0.29) is 49.6 Å². The molecule has 2 saturated heterocycles. The summed E-state index contributed by atoms with van der Waals surface area (Å²) in [5.74, 6) is -5.98. The molecule has 2 heterocycles. The fourth-order valence-electron chi connectivity index (χ4n) is 7.17. The van der Waals surface area contributed by atoms with E-state index in [1.54, 1.807) is 12.1 Å². The standard InChI is InChI=1S/C38H51Cl2F4N7O7/c1-5-25(47-34(56)29-17-23(41)19-51(29)36(58)37(11-12-37)38(42,43)44)31(53)48-26-8-6-7-13-45-30(52)18-46-33(55)28(16-21-15-22(39)9-10-24(21)40)50(4)35(57)27(14-20(2)3)49-32(26)54/h9-10,15,20,23,25-29H,5-8,11-14,16-19H2,1-4H3,(H,45,52)(H,46,55)(H,47,56)(H,48,53)(H,49,54)/t23-,25+,26+,27+,28+,29+/m1/s1. The highest BCUT2D eigenvalue weighted by Gasteiger charge is 2.70. The molecule has 2 aliphatic heterocycles. The maximum absolute atomic E-state index is 14.6. The number of benzene rings is 1. The molecule has 3 aliphatic rings. The monoisotopic (exact) mass is 863 g/mol. The Bertz CT molecular complexity index is 1730. The summed E-state index contributed by atoms with van der Waals surface area (Å²) in [6.07, 6.45) is -7.50. The fraction of sp³-hybridized carbons (Fsp3) is 0.658. The van der Waals surface area contributed by atoms with E-state index in [1.807, 2.05) is 13.8 Å². The van der Waals surface area contributed by atoms with E-state index in [1.165, 1.54) is 20.0 Å². The van der Waals surface area contributed by atoms with Gasteiger partial charge in [0, 0.05) is 36.5 Å². The average molecular weight is 865 g/mol. The zero-order valence-electron chi connectivity index (χ0n) is 32.8. The molecule has 0 bridgehead atoms. The van der Waals surface area contributed by atoms with Crippen molar-refractivity contribution in [1.82, 2.24) is 36.4 Å². The normalized spacial score (nSPS) is 25.4. The van der Waals surface area contributed by atoms with Crippen molar-refractivity contribution in [3.63, 3.8) is 0 Å². The Hall–Kier alpha value is -4.19. The molecule has 7 amide bonds. The van der Waals surface area contributed by atoms with Crippen LogP contribution < -0.4 is 26.6 Å². The van der Waals surface area contributed by atoms with Crippen molar-refractivity contribution in [2.24, 2.45) is 11.3 Å². The van der Waals surface area contributed by atoms with Crippen LogP contribution in [-0.2, 0) is 40.0 Å². The number of hydrogen-bond acceptors (Lipinski definition) is 7. The van der Waals surface area contributed by atoms with E-state index < -0.39 is 122 Å². The number of likely N-dealkylation sites (tertiary alicyclic amines) is 1. The Labute approximate surface area is 344 Å². The van der Waals surface area contributed by atoms with Crippen molar-refractivity contribution in [3.05, 3.63) is 33.8 Å². The van der Waals surface area contributed by atoms with Crippen LogP contribution in [0.5, 0.6) is 0 Å². The van der Waals surface area contributed by atoms with E-state index in [9.17, 15) is 51.1 Å². The zero-order chi connectivity index (χ0) is 43.1. The molecule has 0 unspecified atom stereocenters. The van der Waals surface area contributed by atoms with Gasteiger partial charge in [0.05, 0.1) is 13.1 Å². The number of nitrogens with one attached hydrogen (secondary N) is 5. The van der Waals surface area contributed by atoms with Crippen molar-refractivity contribution in [2.45, 2.75) is 121 Å². The van der Waals surface area contributed by atoms with Crippen molar-refractivity contribution in [3.8, 4) is 0 Å². The first kappa shape index (κ1) is 46.5. The van der Waals surface area contributed by atoms with Gasteiger partial charge in [-0.05, 0) is 74.6 Å². The Morgan fingerprint density at radius 2 is 1.72 bits per heavy atom. The summed E-state index contributed by atoms with van der Waals surface area (Å²) in [7, 11) is 1.37. The first-order chi connectivity index (χ1) is 27.2. The summed E-state index contributed by atoms with van der Waals surface area (Å²) in [5, 5.41) is 13.6. The first-order valence-corrected chi connectivity index (χ1v) is 20.1. The lowest BCUT2D eigenvalue weighted by atomic mass is 9.99. The van der Waals surface area contributed by atoms with Crippen molar-refractivity contribution >= 4 is 64.6 Å². The molecular weight excluding hydrogens is 813 g/mol. The maximum atomic E-state index is 14.6. The summed E-state index contributed by atoms with van der Waals surface area (Å²) in [6, 6.07) is -1.96. The van der Waals surface area contributed by atoms with Crippen LogP contribution in [0.2, 0.25) is 10.0 Å². The summed E-state index contributed by atoms with van der Waals surface area (Å²) >= 11 is 12.6. The van der Waals surface area contributed by atoms with Crippen molar-refractivity contribution < 1.29 is 51.1 Å². The van der Waals surface area contributed by atoms with Crippen LogP contribution in [0.4, 0.5) is 17.6 Å². The second-order valence-corrected chi connectivity index (χ2v) is 16.4. The van der Waals surface area contributed by atoms with Crippen molar-refractivity contribution in [1.29, 1.82) is 0 Å². The second kappa shape index (κ2) is 19.7. The van der Waals surface area contributed by atoms with E-state index in [2.05, 4.69) is 26.6 Å². The summed E-state index contributed by atoms with van der Waals surface area (Å²) < 4.78 is 55.8. The predicted octanol–water partition coefficient (Wildman–Crippen LogP) is 2.97. The molecule has 14 nitrogen and oxygen atoms in total. The van der Waals surface area contributed by atoms with Crippen molar-refractivity contribution in [2.75, 3.05) is 26.7 Å². The number of carbonyl (C=O) groups is 7. The molecule has 20 heteroatoms. The maximum Gasteiger partial charge on any atom is 0.403 e. The molecule has 0 spiro atoms. The number of alkyl halides is 4. The largest absolute Gasteiger partial charge is 0.403 e. The van der Waals surface area contributed by atoms with Gasteiger partial charge in [0.2, 0.25) is 41.4 Å². The Morgan fingerprint density at radius 3 is 2.34 bits per heavy atom. The van der Waals surface area contributed by atoms with Gasteiger partial charge < -0.3 is 36.4 Å². The number of hydrogen-bond donors (Lipinski definition) is 5. The topological polar surface area (TPSA) is 186 Å². The fourth-order valence-corrected chi connectivity index (χ4v) is 7.55. The Balaban J connectivity index is 1.55. The molecular formula is C38H51Cl2F4N7O7. The highest BCUT2D eigenvalue weighted by Crippen LogP contribution is 2.59. The van der Waals surface area contributed by atoms with Crippen LogP contribution in [0.25, 0.3) is 0 Å². The molecule has 3 fully saturated rings. The van der Waals surface area contributed by atoms with E-state index in [0.717, 1.165) is 4.90 Å². The smallest absolute Gasteiger partial charge is 0.355 e. The average Bonchev–Trinajstić information content (AvgIpc) is 3.89. The van der Waals surface area contributed by atoms with Gasteiger partial charge in [0.25, 0.3) is 0 Å². The lowest BCUT2D eigenvalue weighted by Gasteiger charge is -2.33. The predicted molar refractivity (Wildman–Crippen MR) is 205 cm³/mol. The molecule has 1 aromatic carbocycles. The minimum absolute atomic E-state index is 0.0246. The molecule has 1 aromatic rings. The van der Waals surface area contributed by atoms with E-state index in [0.29, 0.717) is 21.9 Å². The van der Waals surface area contributed by atoms with Gasteiger partial charge in [-0.25, -0.2) is 4.39 Å². The molecule has 5 N–H and O–H groups in total. The third-order valence-corrected chi connectivity index (χ3v) is 11.3. The van der Waals surface area contributed by atoms with E-state index >= 15 is 0 Å². The van der Waals surface area contributed by atoms with Crippen LogP contribution in [-0.4, -0.2) is 120 Å². The third kappa shape index (κ3) is 11.5. The van der Waals surface area contributed by atoms with Crippen LogP contribution in [0.15, 0.2) is 18.2 Å². The number of nitrogens with zero attached hydrogens (tertiary/aromatic N) is 2. The number of amides is 7. The minimum atomic E-state index is -4.88. The van der Waals surface area contributed by atoms with Gasteiger partial charge in [-0.2, -0.15) is 13.2 Å². The Morgan fingerprint density at radius 1 is 1.03 bits per heavy atom. The summed E-state index contributed by atoms with van der Waals surface area (Å²) in [6.45, 7) is 4.23. The lowest BCUT2D eigenvalue weighted by Crippen LogP contribution is -2.60. The first-order valence-electron chi connectivity index (χ1n) is 19.4. The van der Waals surface area contributed by atoms with Gasteiger partial charge in [-0.3, -0.25) is 33.6 Å². The molecule has 1 aliphatic carbocycles. The number of likely N-dealkylation sites (N-methyl/N-ethyl adjacent to an activating group) is 1. The molecule has 0 aromatic heterocycles. The third-order valence-electron chi connectivity index (χ3n) is 10.7. The van der Waals surface area contributed by atoms with Gasteiger partial charge in [-0.15, -0.1) is 0 Å². The van der Waals surface area contributed by atoms with Gasteiger partial charge in [0.1, 0.15) is 41.8 Å². The van der Waals surface area contributed by atoms with Gasteiger partial charge >= 0.3 is 6.18 Å². The second-order valence-electron chi connectivity index (χ2n) is 15.6. The molecule has 322 valence electrons.